The molecule has 0 spiro atoms. The Bertz CT molecular complexity index is 85.4. The van der Waals surface area contributed by atoms with Crippen LogP contribution in [0.3, 0.4) is 0 Å². The van der Waals surface area contributed by atoms with Crippen molar-refractivity contribution in [3.63, 3.8) is 0 Å². The quantitative estimate of drug-likeness (QED) is 0.298. The van der Waals surface area contributed by atoms with Crippen LogP contribution in [0.5, 0.6) is 0 Å². The largest absolute Gasteiger partial charge is 0.409 e. The molecule has 3 nitrogen and oxygen atoms in total. The van der Waals surface area contributed by atoms with Crippen molar-refractivity contribution in [3.05, 3.63) is 0 Å². The minimum Gasteiger partial charge on any atom is -0.409 e. The molecule has 1 fully saturated rings. The maximum absolute atomic E-state index is 9.67. The summed E-state index contributed by atoms with van der Waals surface area (Å²) in [6.45, 7) is 0. The SMILES string of the molecule is O=C1BC(=O)O1. The predicted octanol–water partition coefficient (Wildman–Crippen LogP) is -0.307. The Morgan fingerprint density at radius 1 is 1.33 bits per heavy atom. The van der Waals surface area contributed by atoms with E-state index in [2.05, 4.69) is 4.74 Å². The summed E-state index contributed by atoms with van der Waals surface area (Å²) in [5.41, 5.74) is 0. The predicted molar refractivity (Wildman–Crippen MR) is 19.0 cm³/mol. The molecule has 0 N–H and O–H groups in total. The lowest BCUT2D eigenvalue weighted by atomic mass is 9.74. The minimum atomic E-state index is -0.417. The van der Waals surface area contributed by atoms with Crippen LogP contribution in [-0.4, -0.2) is 19.0 Å². The zero-order valence-electron chi connectivity index (χ0n) is 2.93. The lowest BCUT2D eigenvalue weighted by Crippen LogP contribution is -2.35. The third kappa shape index (κ3) is 0.300. The zero-order valence-corrected chi connectivity index (χ0v) is 2.93. The number of carbonyl (C=O) groups is 2. The van der Waals surface area contributed by atoms with Crippen molar-refractivity contribution in [2.24, 2.45) is 0 Å². The van der Waals surface area contributed by atoms with E-state index in [4.69, 9.17) is 0 Å². The summed E-state index contributed by atoms with van der Waals surface area (Å²) in [6, 6.07) is 0. The van der Waals surface area contributed by atoms with Crippen LogP contribution in [0.1, 0.15) is 0 Å². The van der Waals surface area contributed by atoms with E-state index in [1.54, 1.807) is 0 Å². The van der Waals surface area contributed by atoms with Crippen molar-refractivity contribution < 1.29 is 14.3 Å². The molecule has 6 heavy (non-hydrogen) atoms. The highest BCUT2D eigenvalue weighted by Gasteiger charge is 2.28. The van der Waals surface area contributed by atoms with E-state index in [1.165, 1.54) is 0 Å². The van der Waals surface area contributed by atoms with Gasteiger partial charge < -0.3 is 4.74 Å². The Kier molecular flexibility index (Phi) is 0.471. The van der Waals surface area contributed by atoms with Crippen LogP contribution in [0.4, 0.5) is 9.59 Å². The normalized spacial score (nSPS) is 18.0. The van der Waals surface area contributed by atoms with Gasteiger partial charge in [0.15, 0.2) is 0 Å². The number of rotatable bonds is 0. The molecule has 0 unspecified atom stereocenters. The topological polar surface area (TPSA) is 43.4 Å². The molecule has 4 heteroatoms. The highest BCUT2D eigenvalue weighted by molar-refractivity contribution is 7.01. The third-order valence-corrected chi connectivity index (χ3v) is 0.516. The summed E-state index contributed by atoms with van der Waals surface area (Å²) in [4.78, 5) is 19.3. The number of hydrogen-bond donors (Lipinski definition) is 0. The van der Waals surface area contributed by atoms with Gasteiger partial charge in [-0.2, -0.15) is 0 Å². The van der Waals surface area contributed by atoms with E-state index < -0.39 is 11.7 Å². The van der Waals surface area contributed by atoms with Gasteiger partial charge in [0.1, 0.15) is 0 Å². The Morgan fingerprint density at radius 3 is 1.67 bits per heavy atom. The van der Waals surface area contributed by atoms with Crippen LogP contribution < -0.4 is 0 Å². The van der Waals surface area contributed by atoms with Gasteiger partial charge in [0.25, 0.3) is 11.7 Å². The molecule has 0 aromatic heterocycles. The van der Waals surface area contributed by atoms with Gasteiger partial charge in [0.2, 0.25) is 0 Å². The van der Waals surface area contributed by atoms with E-state index in [9.17, 15) is 9.59 Å². The highest BCUT2D eigenvalue weighted by Crippen LogP contribution is 1.93. The van der Waals surface area contributed by atoms with E-state index in [1.807, 2.05) is 0 Å². The van der Waals surface area contributed by atoms with Crippen LogP contribution in [0, 0.1) is 0 Å². The van der Waals surface area contributed by atoms with Crippen molar-refractivity contribution in [2.45, 2.75) is 0 Å². The summed E-state index contributed by atoms with van der Waals surface area (Å²) in [6.07, 6.45) is 0. The van der Waals surface area contributed by atoms with E-state index in [0.717, 1.165) is 0 Å². The fourth-order valence-electron chi connectivity index (χ4n) is 0.236. The maximum atomic E-state index is 9.67. The fourth-order valence-corrected chi connectivity index (χ4v) is 0.236. The Hall–Kier alpha value is -0.795. The lowest BCUT2D eigenvalue weighted by Gasteiger charge is -2.05. The molecule has 1 saturated heterocycles. The Morgan fingerprint density at radius 2 is 1.67 bits per heavy atom. The average Bonchev–Trinajstić information content (AvgIpc) is 1.33. The van der Waals surface area contributed by atoms with Gasteiger partial charge >= 0.3 is 7.28 Å². The highest BCUT2D eigenvalue weighted by atomic mass is 16.6. The van der Waals surface area contributed by atoms with Gasteiger partial charge in [-0.1, -0.05) is 0 Å². The first-order valence-corrected chi connectivity index (χ1v) is 1.52. The molecule has 0 saturated carbocycles. The van der Waals surface area contributed by atoms with Crippen molar-refractivity contribution in [2.75, 3.05) is 0 Å². The van der Waals surface area contributed by atoms with Crippen LogP contribution >= 0.6 is 0 Å². The van der Waals surface area contributed by atoms with Crippen molar-refractivity contribution in [3.8, 4) is 0 Å². The van der Waals surface area contributed by atoms with E-state index in [-0.39, 0.29) is 7.28 Å². The molecule has 0 aromatic rings. The Labute approximate surface area is 34.5 Å². The molecule has 0 amide bonds. The minimum absolute atomic E-state index is 0.0278. The van der Waals surface area contributed by atoms with Crippen molar-refractivity contribution in [1.29, 1.82) is 0 Å². The standard InChI is InChI=1S/C2HBO3/c4-1-3-2(5)6-1/h3H. The lowest BCUT2D eigenvalue weighted by molar-refractivity contribution is 0.172. The van der Waals surface area contributed by atoms with E-state index in [0.29, 0.717) is 0 Å². The molecule has 1 heterocycles. The van der Waals surface area contributed by atoms with E-state index >= 15 is 0 Å². The molecular weight excluding hydrogens is 82.8 g/mol. The summed E-state index contributed by atoms with van der Waals surface area (Å²) in [7, 11) is -0.0278. The number of cyclic esters (lactones) is 2. The van der Waals surface area contributed by atoms with Gasteiger partial charge in [0, 0.05) is 0 Å². The first-order valence-electron chi connectivity index (χ1n) is 1.52. The molecule has 0 radical (unpaired) electrons. The molecule has 0 aromatic carbocycles. The van der Waals surface area contributed by atoms with Crippen LogP contribution in [0.2, 0.25) is 0 Å². The van der Waals surface area contributed by atoms with Gasteiger partial charge in [-0.15, -0.1) is 0 Å². The molecule has 1 aliphatic rings. The number of hydrogen-bond acceptors (Lipinski definition) is 3. The fraction of sp³-hybridized carbons (Fsp3) is 0. The molecule has 1 rings (SSSR count). The smallest absolute Gasteiger partial charge is 0.393 e. The van der Waals surface area contributed by atoms with Gasteiger partial charge in [-0.3, -0.25) is 9.59 Å². The van der Waals surface area contributed by atoms with Gasteiger partial charge in [-0.25, -0.2) is 0 Å². The molecular formula is C2HBO3. The summed E-state index contributed by atoms with van der Waals surface area (Å²) >= 11 is 0. The summed E-state index contributed by atoms with van der Waals surface area (Å²) in [5.74, 6) is -0.833. The number of carbonyl (C=O) groups excluding carboxylic acids is 2. The molecule has 0 bridgehead atoms. The zero-order chi connectivity index (χ0) is 4.57. The maximum Gasteiger partial charge on any atom is 0.393 e. The van der Waals surface area contributed by atoms with Crippen molar-refractivity contribution >= 4 is 19.0 Å². The summed E-state index contributed by atoms with van der Waals surface area (Å²) < 4.78 is 3.86. The first kappa shape index (κ1) is 3.40. The number of ether oxygens (including phenoxy) is 1. The molecule has 0 atom stereocenters. The Balaban J connectivity index is 2.47. The second-order valence-electron chi connectivity index (χ2n) is 1.02. The molecule has 0 aliphatic carbocycles. The van der Waals surface area contributed by atoms with Crippen molar-refractivity contribution in [1.82, 2.24) is 0 Å². The third-order valence-electron chi connectivity index (χ3n) is 0.516. The van der Waals surface area contributed by atoms with Gasteiger partial charge in [-0.05, 0) is 0 Å². The second-order valence-corrected chi connectivity index (χ2v) is 1.02. The molecule has 30 valence electrons. The average molecular weight is 83.8 g/mol. The summed E-state index contributed by atoms with van der Waals surface area (Å²) in [5, 5.41) is 0. The van der Waals surface area contributed by atoms with Gasteiger partial charge in [0.05, 0.1) is 0 Å². The molecule has 1 aliphatic heterocycles. The monoisotopic (exact) mass is 84.0 g/mol. The first-order chi connectivity index (χ1) is 2.79. The van der Waals surface area contributed by atoms with Crippen LogP contribution in [-0.2, 0) is 4.74 Å². The second kappa shape index (κ2) is 0.832. The van der Waals surface area contributed by atoms with Crippen LogP contribution in [0.15, 0.2) is 0 Å². The van der Waals surface area contributed by atoms with Crippen LogP contribution in [0.25, 0.3) is 0 Å².